The Balaban J connectivity index is 1.91. The van der Waals surface area contributed by atoms with Crippen molar-refractivity contribution in [3.8, 4) is 0 Å². The molecule has 6 unspecified atom stereocenters. The molecule has 2 fully saturated rings. The van der Waals surface area contributed by atoms with Gasteiger partial charge in [0.15, 0.2) is 11.2 Å². The average Bonchev–Trinajstić information content (AvgIpc) is 3.42. The third-order valence-electron chi connectivity index (χ3n) is 9.94. The van der Waals surface area contributed by atoms with Crippen LogP contribution in [-0.2, 0) is 21.2 Å². The Labute approximate surface area is 188 Å². The number of rotatable bonds is 1. The summed E-state index contributed by atoms with van der Waals surface area (Å²) in [7, 11) is 0. The van der Waals surface area contributed by atoms with Gasteiger partial charge in [0.2, 0.25) is 0 Å². The lowest BCUT2D eigenvalue weighted by Gasteiger charge is -2.66. The van der Waals surface area contributed by atoms with E-state index in [1.807, 2.05) is 13.0 Å². The van der Waals surface area contributed by atoms with Crippen LogP contribution in [0.1, 0.15) is 57.9 Å². The molecule has 2 N–H and O–H groups in total. The molecule has 31 heavy (non-hydrogen) atoms. The number of ether oxygens (including phenoxy) is 1. The minimum atomic E-state index is -1.42. The molecule has 0 radical (unpaired) electrons. The lowest BCUT2D eigenvalue weighted by atomic mass is 9.36. The molecule has 1 aliphatic heterocycles. The zero-order valence-corrected chi connectivity index (χ0v) is 19.5. The van der Waals surface area contributed by atoms with E-state index < -0.39 is 27.6 Å². The number of aliphatic hydroxyl groups is 1. The van der Waals surface area contributed by atoms with Gasteiger partial charge in [-0.1, -0.05) is 45.9 Å². The van der Waals surface area contributed by atoms with Crippen LogP contribution in [0.3, 0.4) is 0 Å². The first-order valence-corrected chi connectivity index (χ1v) is 11.5. The predicted octanol–water partition coefficient (Wildman–Crippen LogP) is 5.18. The van der Waals surface area contributed by atoms with E-state index in [4.69, 9.17) is 22.9 Å². The maximum absolute atomic E-state index is 13.1. The second kappa shape index (κ2) is 5.06. The number of hydrogen-bond donors (Lipinski definition) is 2. The van der Waals surface area contributed by atoms with E-state index in [1.54, 1.807) is 0 Å². The quantitative estimate of drug-likeness (QED) is 0.280. The van der Waals surface area contributed by atoms with Crippen molar-refractivity contribution in [1.29, 1.82) is 0 Å². The summed E-state index contributed by atoms with van der Waals surface area (Å²) in [6.45, 7) is 23.9. The number of aromatic amines is 1. The van der Waals surface area contributed by atoms with Crippen molar-refractivity contribution < 1.29 is 9.84 Å². The smallest absolute Gasteiger partial charge is 0.306 e. The molecule has 0 bridgehead atoms. The highest BCUT2D eigenvalue weighted by molar-refractivity contribution is 6.21. The fourth-order valence-electron chi connectivity index (χ4n) is 8.12. The summed E-state index contributed by atoms with van der Waals surface area (Å²) in [6, 6.07) is 6.33. The third kappa shape index (κ3) is 1.57. The molecule has 6 atom stereocenters. The summed E-state index contributed by atoms with van der Waals surface area (Å²) >= 11 is 7.16. The number of epoxide rings is 1. The second-order valence-electron chi connectivity index (χ2n) is 11.4. The second-order valence-corrected chi connectivity index (χ2v) is 11.9. The van der Waals surface area contributed by atoms with Crippen LogP contribution in [0, 0.1) is 17.9 Å². The summed E-state index contributed by atoms with van der Waals surface area (Å²) in [5.74, 6) is -0.227. The monoisotopic (exact) mass is 436 g/mol. The number of nitrogens with one attached hydrogen (secondary N) is 1. The van der Waals surface area contributed by atoms with Crippen LogP contribution in [-0.4, -0.2) is 33.2 Å². The van der Waals surface area contributed by atoms with Gasteiger partial charge in [-0.25, -0.2) is 6.57 Å². The summed E-state index contributed by atoms with van der Waals surface area (Å²) in [5.41, 5.74) is -1.17. The topological polar surface area (TPSA) is 52.9 Å². The fourth-order valence-corrected chi connectivity index (χ4v) is 8.54. The number of fused-ring (bicyclic) bond motifs is 1. The van der Waals surface area contributed by atoms with Crippen LogP contribution in [0.2, 0.25) is 0 Å². The molecule has 1 aromatic carbocycles. The van der Waals surface area contributed by atoms with Gasteiger partial charge in [-0.2, -0.15) is 0 Å². The molecular formula is C26H29ClN2O2. The molecule has 4 aliphatic rings. The van der Waals surface area contributed by atoms with Gasteiger partial charge in [0, 0.05) is 33.5 Å². The van der Waals surface area contributed by atoms with Crippen LogP contribution >= 0.6 is 11.6 Å². The summed E-state index contributed by atoms with van der Waals surface area (Å²) < 4.78 is 6.32. The summed E-state index contributed by atoms with van der Waals surface area (Å²) in [5, 5.41) is 13.8. The van der Waals surface area contributed by atoms with Crippen molar-refractivity contribution in [1.82, 2.24) is 4.98 Å². The minimum Gasteiger partial charge on any atom is -0.377 e. The maximum Gasteiger partial charge on any atom is 0.306 e. The number of H-pyrrole nitrogens is 1. The van der Waals surface area contributed by atoms with Crippen molar-refractivity contribution in [3.05, 3.63) is 59.1 Å². The van der Waals surface area contributed by atoms with Gasteiger partial charge >= 0.3 is 5.54 Å². The molecule has 4 nitrogen and oxygen atoms in total. The minimum absolute atomic E-state index is 0.227. The van der Waals surface area contributed by atoms with Gasteiger partial charge < -0.3 is 19.7 Å². The van der Waals surface area contributed by atoms with Gasteiger partial charge in [0.05, 0.1) is 17.4 Å². The number of nitrogens with zero attached hydrogens (tertiary/aromatic N) is 1. The third-order valence-corrected chi connectivity index (χ3v) is 10.6. The van der Waals surface area contributed by atoms with Gasteiger partial charge in [-0.3, -0.25) is 0 Å². The lowest BCUT2D eigenvalue weighted by molar-refractivity contribution is -0.200. The maximum atomic E-state index is 13.1. The van der Waals surface area contributed by atoms with E-state index in [9.17, 15) is 5.11 Å². The van der Waals surface area contributed by atoms with E-state index in [0.717, 1.165) is 22.2 Å². The van der Waals surface area contributed by atoms with E-state index in [2.05, 4.69) is 62.3 Å². The van der Waals surface area contributed by atoms with Gasteiger partial charge in [-0.15, -0.1) is 18.2 Å². The zero-order chi connectivity index (χ0) is 22.4. The molecule has 2 heterocycles. The molecule has 5 heteroatoms. The van der Waals surface area contributed by atoms with Crippen LogP contribution in [0.25, 0.3) is 15.7 Å². The highest BCUT2D eigenvalue weighted by Crippen LogP contribution is 2.78. The molecule has 162 valence electrons. The standard InChI is InChI=1S/C26H29ClN2O2/c1-8-23(6)17(27)12-16-21(2,3)14-10-9-11-15-18(14)19-20(29-15)22(4,5)24(13-31-24)26(23,28-7)25(16,19)30/h8-11,16-17,29-30H,1,12-13H2,2-6H3. The lowest BCUT2D eigenvalue weighted by Crippen LogP contribution is -2.81. The van der Waals surface area contributed by atoms with Crippen molar-refractivity contribution in [2.45, 2.75) is 74.0 Å². The number of benzene rings is 1. The van der Waals surface area contributed by atoms with Crippen LogP contribution in [0.4, 0.5) is 0 Å². The highest BCUT2D eigenvalue weighted by Gasteiger charge is 2.93. The summed E-state index contributed by atoms with van der Waals surface area (Å²) in [4.78, 5) is 8.06. The first-order chi connectivity index (χ1) is 14.4. The largest absolute Gasteiger partial charge is 0.377 e. The Morgan fingerprint density at radius 2 is 1.97 bits per heavy atom. The molecule has 1 spiro atoms. The van der Waals surface area contributed by atoms with E-state index >= 15 is 0 Å². The Bertz CT molecular complexity index is 1230. The average molecular weight is 437 g/mol. The molecule has 1 saturated heterocycles. The first-order valence-electron chi connectivity index (χ1n) is 11.1. The molecule has 1 saturated carbocycles. The number of halogens is 1. The number of hydrogen-bond acceptors (Lipinski definition) is 2. The Kier molecular flexibility index (Phi) is 3.24. The van der Waals surface area contributed by atoms with Crippen molar-refractivity contribution in [3.63, 3.8) is 0 Å². The van der Waals surface area contributed by atoms with Crippen molar-refractivity contribution in [2.75, 3.05) is 6.61 Å². The molecule has 1 aromatic heterocycles. The SMILES string of the molecule is [C-]#[N+]C12C(C)(C=C)C(Cl)CC3C(C)(C)c4cccc5[nH]c(c(c45)C31O)C(C)(C)C21CO1. The van der Waals surface area contributed by atoms with Crippen molar-refractivity contribution in [2.24, 2.45) is 11.3 Å². The molecule has 6 rings (SSSR count). The highest BCUT2D eigenvalue weighted by atomic mass is 35.5. The number of alkyl halides is 1. The predicted molar refractivity (Wildman–Crippen MR) is 122 cm³/mol. The van der Waals surface area contributed by atoms with E-state index in [-0.39, 0.29) is 16.7 Å². The molecule has 2 aromatic rings. The van der Waals surface area contributed by atoms with Crippen LogP contribution in [0.5, 0.6) is 0 Å². The molecule has 0 amide bonds. The normalized spacial score (nSPS) is 45.4. The van der Waals surface area contributed by atoms with Gasteiger partial charge in [0.25, 0.3) is 0 Å². The van der Waals surface area contributed by atoms with Gasteiger partial charge in [-0.05, 0) is 30.4 Å². The zero-order valence-electron chi connectivity index (χ0n) is 18.8. The first kappa shape index (κ1) is 19.9. The summed E-state index contributed by atoms with van der Waals surface area (Å²) in [6.07, 6.45) is 2.42. The van der Waals surface area contributed by atoms with E-state index in [1.165, 1.54) is 5.56 Å². The Morgan fingerprint density at radius 1 is 1.29 bits per heavy atom. The van der Waals surface area contributed by atoms with Crippen molar-refractivity contribution >= 4 is 22.5 Å². The number of aromatic nitrogens is 1. The molecular weight excluding hydrogens is 408 g/mol. The molecule has 3 aliphatic carbocycles. The van der Waals surface area contributed by atoms with Crippen LogP contribution < -0.4 is 0 Å². The van der Waals surface area contributed by atoms with E-state index in [0.29, 0.717) is 13.0 Å². The van der Waals surface area contributed by atoms with Gasteiger partial charge in [0.1, 0.15) is 0 Å². The Morgan fingerprint density at radius 3 is 2.55 bits per heavy atom. The Hall–Kier alpha value is -1.80. The van der Waals surface area contributed by atoms with Crippen LogP contribution in [0.15, 0.2) is 30.9 Å². The fraction of sp³-hybridized carbons (Fsp3) is 0.577.